The molecule has 1 spiro atoms. The lowest BCUT2D eigenvalue weighted by molar-refractivity contribution is -0.137. The van der Waals surface area contributed by atoms with Gasteiger partial charge in [-0.25, -0.2) is 4.79 Å². The van der Waals surface area contributed by atoms with Gasteiger partial charge in [0.2, 0.25) is 5.91 Å². The minimum Gasteiger partial charge on any atom is -0.350 e. The topological polar surface area (TPSA) is 81.8 Å². The second kappa shape index (κ2) is 8.76. The van der Waals surface area contributed by atoms with Gasteiger partial charge in [0.15, 0.2) is 0 Å². The molecule has 2 aliphatic heterocycles. The molecule has 162 valence electrons. The second-order valence-electron chi connectivity index (χ2n) is 9.02. The van der Waals surface area contributed by atoms with Crippen LogP contribution in [-0.2, 0) is 22.7 Å². The van der Waals surface area contributed by atoms with Crippen LogP contribution in [0.3, 0.4) is 0 Å². The Hall–Kier alpha value is -2.41. The van der Waals surface area contributed by atoms with Crippen molar-refractivity contribution in [2.45, 2.75) is 64.1 Å². The minimum atomic E-state index is -0.819. The molecule has 3 aliphatic rings. The van der Waals surface area contributed by atoms with E-state index in [1.54, 1.807) is 0 Å². The van der Waals surface area contributed by atoms with Crippen molar-refractivity contribution in [1.29, 1.82) is 0 Å². The monoisotopic (exact) mass is 412 g/mol. The Labute approximate surface area is 178 Å². The molecule has 2 unspecified atom stereocenters. The summed E-state index contributed by atoms with van der Waals surface area (Å²) in [7, 11) is 0. The van der Waals surface area contributed by atoms with Crippen LogP contribution in [0.2, 0.25) is 0 Å². The lowest BCUT2D eigenvalue weighted by Crippen LogP contribution is -2.54. The van der Waals surface area contributed by atoms with Crippen LogP contribution < -0.4 is 10.6 Å². The van der Waals surface area contributed by atoms with E-state index < -0.39 is 11.6 Å². The first-order chi connectivity index (χ1) is 14.5. The molecule has 1 saturated carbocycles. The fourth-order valence-corrected chi connectivity index (χ4v) is 5.00. The molecule has 3 fully saturated rings. The van der Waals surface area contributed by atoms with Crippen LogP contribution in [0.15, 0.2) is 24.3 Å². The molecule has 0 radical (unpaired) electrons. The first-order valence-electron chi connectivity index (χ1n) is 11.2. The number of benzene rings is 1. The highest BCUT2D eigenvalue weighted by molar-refractivity contribution is 6.09. The third-order valence-corrected chi connectivity index (χ3v) is 6.92. The average Bonchev–Trinajstić information content (AvgIpc) is 3.33. The first-order valence-corrected chi connectivity index (χ1v) is 11.2. The number of rotatable bonds is 6. The fourth-order valence-electron chi connectivity index (χ4n) is 5.00. The molecule has 0 bridgehead atoms. The van der Waals surface area contributed by atoms with Crippen LogP contribution in [0.1, 0.15) is 56.6 Å². The van der Waals surface area contributed by atoms with E-state index >= 15 is 0 Å². The lowest BCUT2D eigenvalue weighted by atomic mass is 9.73. The number of carbonyl (C=O) groups is 3. The minimum absolute atomic E-state index is 0.0924. The zero-order valence-electron chi connectivity index (χ0n) is 17.8. The maximum absolute atomic E-state index is 13.0. The Morgan fingerprint density at radius 2 is 1.80 bits per heavy atom. The lowest BCUT2D eigenvalue weighted by Gasteiger charge is -2.36. The highest BCUT2D eigenvalue weighted by Crippen LogP contribution is 2.38. The molecular weight excluding hydrogens is 380 g/mol. The number of urea groups is 1. The molecule has 2 N–H and O–H groups in total. The summed E-state index contributed by atoms with van der Waals surface area (Å²) in [4.78, 5) is 41.3. The summed E-state index contributed by atoms with van der Waals surface area (Å²) in [6.07, 6.45) is 6.12. The third-order valence-electron chi connectivity index (χ3n) is 6.92. The standard InChI is InChI=1S/C23H32N4O3/c1-17-6-2-3-11-23(17)21(29)27(22(30)25-23)16-20(28)24-14-18-7-9-19(10-8-18)15-26-12-4-5-13-26/h7-10,17H,2-6,11-16H2,1H3,(H,24,28)(H,25,30). The first kappa shape index (κ1) is 20.8. The summed E-state index contributed by atoms with van der Waals surface area (Å²) in [6.45, 7) is 5.47. The van der Waals surface area contributed by atoms with Crippen LogP contribution in [-0.4, -0.2) is 52.8 Å². The molecule has 1 aliphatic carbocycles. The summed E-state index contributed by atoms with van der Waals surface area (Å²) >= 11 is 0. The molecule has 2 heterocycles. The number of amides is 4. The van der Waals surface area contributed by atoms with E-state index in [0.717, 1.165) is 36.3 Å². The van der Waals surface area contributed by atoms with Crippen molar-refractivity contribution >= 4 is 17.8 Å². The Morgan fingerprint density at radius 3 is 2.50 bits per heavy atom. The number of carbonyl (C=O) groups excluding carboxylic acids is 3. The van der Waals surface area contributed by atoms with Crippen LogP contribution in [0.5, 0.6) is 0 Å². The molecule has 7 heteroatoms. The van der Waals surface area contributed by atoms with Gasteiger partial charge < -0.3 is 10.6 Å². The van der Waals surface area contributed by atoms with E-state index in [1.165, 1.54) is 31.5 Å². The summed E-state index contributed by atoms with van der Waals surface area (Å²) in [6, 6.07) is 7.81. The Morgan fingerprint density at radius 1 is 1.10 bits per heavy atom. The van der Waals surface area contributed by atoms with E-state index in [1.807, 2.05) is 19.1 Å². The predicted octanol–water partition coefficient (Wildman–Crippen LogP) is 2.40. The Balaban J connectivity index is 1.28. The van der Waals surface area contributed by atoms with E-state index in [4.69, 9.17) is 0 Å². The number of hydrogen-bond donors (Lipinski definition) is 2. The van der Waals surface area contributed by atoms with Crippen molar-refractivity contribution in [3.8, 4) is 0 Å². The number of hydrogen-bond acceptors (Lipinski definition) is 4. The Kier molecular flexibility index (Phi) is 6.09. The number of nitrogens with zero attached hydrogens (tertiary/aromatic N) is 2. The van der Waals surface area contributed by atoms with Crippen LogP contribution >= 0.6 is 0 Å². The van der Waals surface area contributed by atoms with Crippen molar-refractivity contribution in [3.63, 3.8) is 0 Å². The zero-order valence-corrected chi connectivity index (χ0v) is 17.8. The van der Waals surface area contributed by atoms with Gasteiger partial charge in [-0.05, 0) is 55.8 Å². The molecule has 30 heavy (non-hydrogen) atoms. The highest BCUT2D eigenvalue weighted by atomic mass is 16.2. The summed E-state index contributed by atoms with van der Waals surface area (Å²) < 4.78 is 0. The van der Waals surface area contributed by atoms with Crippen molar-refractivity contribution in [2.24, 2.45) is 5.92 Å². The molecule has 1 aromatic carbocycles. The molecule has 1 aromatic rings. The fraction of sp³-hybridized carbons (Fsp3) is 0.609. The van der Waals surface area contributed by atoms with Gasteiger partial charge in [0, 0.05) is 13.1 Å². The molecular formula is C23H32N4O3. The van der Waals surface area contributed by atoms with Gasteiger partial charge in [-0.1, -0.05) is 44.0 Å². The molecule has 0 aromatic heterocycles. The number of nitrogens with one attached hydrogen (secondary N) is 2. The SMILES string of the molecule is CC1CCCCC12NC(=O)N(CC(=O)NCc1ccc(CN3CCCC3)cc1)C2=O. The molecule has 4 amide bonds. The Bertz CT molecular complexity index is 803. The van der Waals surface area contributed by atoms with E-state index in [-0.39, 0.29) is 24.3 Å². The molecule has 2 atom stereocenters. The highest BCUT2D eigenvalue weighted by Gasteiger charge is 2.55. The molecule has 4 rings (SSSR count). The predicted molar refractivity (Wildman–Crippen MR) is 113 cm³/mol. The third kappa shape index (κ3) is 4.21. The van der Waals surface area contributed by atoms with Gasteiger partial charge in [-0.3, -0.25) is 19.4 Å². The van der Waals surface area contributed by atoms with Crippen LogP contribution in [0, 0.1) is 5.92 Å². The van der Waals surface area contributed by atoms with Crippen molar-refractivity contribution in [3.05, 3.63) is 35.4 Å². The average molecular weight is 413 g/mol. The number of imide groups is 1. The largest absolute Gasteiger partial charge is 0.350 e. The zero-order chi connectivity index (χ0) is 21.1. The van der Waals surface area contributed by atoms with Crippen molar-refractivity contribution < 1.29 is 14.4 Å². The summed E-state index contributed by atoms with van der Waals surface area (Å²) in [5, 5.41) is 5.73. The van der Waals surface area contributed by atoms with Crippen molar-refractivity contribution in [1.82, 2.24) is 20.4 Å². The maximum atomic E-state index is 13.0. The van der Waals surface area contributed by atoms with Gasteiger partial charge >= 0.3 is 6.03 Å². The van der Waals surface area contributed by atoms with Gasteiger partial charge in [0.25, 0.3) is 5.91 Å². The normalized spacial score (nSPS) is 27.0. The molecule has 2 saturated heterocycles. The summed E-state index contributed by atoms with van der Waals surface area (Å²) in [5.41, 5.74) is 1.46. The van der Waals surface area contributed by atoms with Gasteiger partial charge in [0.1, 0.15) is 12.1 Å². The van der Waals surface area contributed by atoms with E-state index in [2.05, 4.69) is 27.7 Å². The second-order valence-corrected chi connectivity index (χ2v) is 9.02. The maximum Gasteiger partial charge on any atom is 0.325 e. The van der Waals surface area contributed by atoms with Crippen LogP contribution in [0.4, 0.5) is 4.79 Å². The van der Waals surface area contributed by atoms with Crippen molar-refractivity contribution in [2.75, 3.05) is 19.6 Å². The molecule has 7 nitrogen and oxygen atoms in total. The summed E-state index contributed by atoms with van der Waals surface area (Å²) in [5.74, 6) is -0.476. The van der Waals surface area contributed by atoms with Gasteiger partial charge in [-0.2, -0.15) is 0 Å². The quantitative estimate of drug-likeness (QED) is 0.703. The van der Waals surface area contributed by atoms with E-state index in [0.29, 0.717) is 13.0 Å². The van der Waals surface area contributed by atoms with Gasteiger partial charge in [0.05, 0.1) is 0 Å². The smallest absolute Gasteiger partial charge is 0.325 e. The van der Waals surface area contributed by atoms with Crippen LogP contribution in [0.25, 0.3) is 0 Å². The van der Waals surface area contributed by atoms with E-state index in [9.17, 15) is 14.4 Å². The van der Waals surface area contributed by atoms with Gasteiger partial charge in [-0.15, -0.1) is 0 Å². The number of likely N-dealkylation sites (tertiary alicyclic amines) is 1.